The van der Waals surface area contributed by atoms with E-state index in [4.69, 9.17) is 0 Å². The molecule has 0 aromatic carbocycles. The second-order valence-electron chi connectivity index (χ2n) is 4.73. The Labute approximate surface area is 130 Å². The number of carbonyl (C=O) groups is 2. The fourth-order valence-corrected chi connectivity index (χ4v) is 2.93. The number of nitrogens with zero attached hydrogens (tertiary/aromatic N) is 1. The third kappa shape index (κ3) is 5.47. The molecule has 1 unspecified atom stereocenters. The number of likely N-dealkylation sites (N-methyl/N-ethyl adjacent to an activating group) is 1. The first-order chi connectivity index (χ1) is 10.0. The summed E-state index contributed by atoms with van der Waals surface area (Å²) in [5.74, 6) is -0.118. The molecule has 1 rings (SSSR count). The largest absolute Gasteiger partial charge is 0.469 e. The highest BCUT2D eigenvalue weighted by molar-refractivity contribution is 7.12. The first kappa shape index (κ1) is 17.7. The lowest BCUT2D eigenvalue weighted by Gasteiger charge is -2.23. The number of hydrogen-bond donors (Lipinski definition) is 1. The van der Waals surface area contributed by atoms with Crippen molar-refractivity contribution in [1.82, 2.24) is 10.2 Å². The molecule has 1 aromatic heterocycles. The van der Waals surface area contributed by atoms with Crippen LogP contribution in [0.15, 0.2) is 12.1 Å². The topological polar surface area (TPSA) is 58.6 Å². The van der Waals surface area contributed by atoms with Crippen LogP contribution in [0.25, 0.3) is 0 Å². The minimum Gasteiger partial charge on any atom is -0.469 e. The van der Waals surface area contributed by atoms with E-state index in [0.29, 0.717) is 13.0 Å². The Hall–Kier alpha value is -1.40. The predicted molar refractivity (Wildman–Crippen MR) is 84.3 cm³/mol. The van der Waals surface area contributed by atoms with E-state index in [1.807, 2.05) is 37.8 Å². The third-order valence-corrected chi connectivity index (χ3v) is 4.38. The van der Waals surface area contributed by atoms with Crippen molar-refractivity contribution in [3.63, 3.8) is 0 Å². The van der Waals surface area contributed by atoms with Gasteiger partial charge < -0.3 is 15.0 Å². The zero-order chi connectivity index (χ0) is 15.8. The van der Waals surface area contributed by atoms with Crippen LogP contribution in [-0.4, -0.2) is 43.0 Å². The van der Waals surface area contributed by atoms with Gasteiger partial charge in [-0.15, -0.1) is 11.3 Å². The van der Waals surface area contributed by atoms with Gasteiger partial charge in [0.25, 0.3) is 0 Å². The fraction of sp³-hybridized carbons (Fsp3) is 0.600. The Kier molecular flexibility index (Phi) is 7.39. The molecule has 21 heavy (non-hydrogen) atoms. The molecule has 0 aliphatic heterocycles. The van der Waals surface area contributed by atoms with Gasteiger partial charge in [0.1, 0.15) is 0 Å². The van der Waals surface area contributed by atoms with E-state index in [1.54, 1.807) is 11.3 Å². The van der Waals surface area contributed by atoms with Gasteiger partial charge in [0, 0.05) is 29.4 Å². The molecule has 1 aromatic rings. The van der Waals surface area contributed by atoms with E-state index in [0.717, 1.165) is 22.8 Å². The van der Waals surface area contributed by atoms with Crippen LogP contribution in [0.1, 0.15) is 30.5 Å². The van der Waals surface area contributed by atoms with Gasteiger partial charge in [-0.3, -0.25) is 9.59 Å². The molecule has 0 bridgehead atoms. The number of methoxy groups -OCH3 is 1. The van der Waals surface area contributed by atoms with Crippen LogP contribution in [0.4, 0.5) is 0 Å². The summed E-state index contributed by atoms with van der Waals surface area (Å²) in [4.78, 5) is 27.2. The molecule has 0 radical (unpaired) electrons. The maximum Gasteiger partial charge on any atom is 0.310 e. The Morgan fingerprint density at radius 1 is 1.29 bits per heavy atom. The first-order valence-electron chi connectivity index (χ1n) is 7.18. The number of thiophene rings is 1. The van der Waals surface area contributed by atoms with Crippen molar-refractivity contribution in [3.8, 4) is 0 Å². The van der Waals surface area contributed by atoms with E-state index >= 15 is 0 Å². The molecule has 1 N–H and O–H groups in total. The average molecular weight is 312 g/mol. The first-order valence-corrected chi connectivity index (χ1v) is 8.00. The van der Waals surface area contributed by atoms with Gasteiger partial charge in [0.2, 0.25) is 5.91 Å². The van der Waals surface area contributed by atoms with Crippen molar-refractivity contribution in [3.05, 3.63) is 21.9 Å². The van der Waals surface area contributed by atoms with Crippen molar-refractivity contribution in [2.24, 2.45) is 0 Å². The minimum atomic E-state index is -0.235. The maximum atomic E-state index is 12.1. The Morgan fingerprint density at radius 3 is 2.48 bits per heavy atom. The molecule has 0 saturated heterocycles. The number of hydrogen-bond acceptors (Lipinski definition) is 5. The lowest BCUT2D eigenvalue weighted by molar-refractivity contribution is -0.139. The number of ether oxygens (including phenoxy) is 1. The highest BCUT2D eigenvalue weighted by Gasteiger charge is 2.17. The van der Waals surface area contributed by atoms with Crippen LogP contribution in [0, 0.1) is 0 Å². The fourth-order valence-electron chi connectivity index (χ4n) is 1.98. The molecular formula is C15H24N2O3S. The quantitative estimate of drug-likeness (QED) is 0.744. The highest BCUT2D eigenvalue weighted by atomic mass is 32.1. The summed E-state index contributed by atoms with van der Waals surface area (Å²) in [6, 6.07) is 3.69. The van der Waals surface area contributed by atoms with Crippen molar-refractivity contribution in [1.29, 1.82) is 0 Å². The van der Waals surface area contributed by atoms with Crippen LogP contribution in [0.5, 0.6) is 0 Å². The summed E-state index contributed by atoms with van der Waals surface area (Å²) in [6.45, 7) is 7.91. The van der Waals surface area contributed by atoms with Crippen LogP contribution >= 0.6 is 11.3 Å². The van der Waals surface area contributed by atoms with Gasteiger partial charge in [0.15, 0.2) is 0 Å². The molecule has 1 atom stereocenters. The molecule has 1 amide bonds. The van der Waals surface area contributed by atoms with E-state index in [-0.39, 0.29) is 17.9 Å². The highest BCUT2D eigenvalue weighted by Crippen LogP contribution is 2.17. The average Bonchev–Trinajstić information content (AvgIpc) is 2.93. The molecule has 0 fully saturated rings. The zero-order valence-corrected chi connectivity index (χ0v) is 14.0. The monoisotopic (exact) mass is 312 g/mol. The smallest absolute Gasteiger partial charge is 0.310 e. The van der Waals surface area contributed by atoms with E-state index in [9.17, 15) is 9.59 Å². The molecule has 118 valence electrons. The summed E-state index contributed by atoms with van der Waals surface area (Å²) in [6.07, 6.45) is 0.301. The van der Waals surface area contributed by atoms with E-state index in [1.165, 1.54) is 7.11 Å². The maximum absolute atomic E-state index is 12.1. The second kappa shape index (κ2) is 8.79. The molecule has 6 heteroatoms. The van der Waals surface area contributed by atoms with Gasteiger partial charge >= 0.3 is 5.97 Å². The van der Waals surface area contributed by atoms with Gasteiger partial charge in [-0.25, -0.2) is 0 Å². The van der Waals surface area contributed by atoms with Crippen molar-refractivity contribution in [2.45, 2.75) is 39.8 Å². The number of carbonyl (C=O) groups excluding carboxylic acids is 2. The van der Waals surface area contributed by atoms with Crippen molar-refractivity contribution in [2.75, 3.05) is 20.2 Å². The van der Waals surface area contributed by atoms with Crippen molar-refractivity contribution < 1.29 is 14.3 Å². The van der Waals surface area contributed by atoms with Crippen LogP contribution < -0.4 is 5.32 Å². The molecule has 1 heterocycles. The zero-order valence-electron chi connectivity index (χ0n) is 13.1. The van der Waals surface area contributed by atoms with Gasteiger partial charge in [-0.1, -0.05) is 0 Å². The lowest BCUT2D eigenvalue weighted by atomic mass is 10.2. The SMILES string of the molecule is CCN(CC)C(=O)C(C)NCc1ccc(CC(=O)OC)s1. The standard InChI is InChI=1S/C15H24N2O3S/c1-5-17(6-2)15(19)11(3)16-10-13-8-7-12(21-13)9-14(18)20-4/h7-8,11,16H,5-6,9-10H2,1-4H3. The lowest BCUT2D eigenvalue weighted by Crippen LogP contribution is -2.44. The van der Waals surface area contributed by atoms with Gasteiger partial charge in [-0.2, -0.15) is 0 Å². The predicted octanol–water partition coefficient (Wildman–Crippen LogP) is 1.81. The molecule has 0 saturated carbocycles. The summed E-state index contributed by atoms with van der Waals surface area (Å²) >= 11 is 1.56. The van der Waals surface area contributed by atoms with E-state index in [2.05, 4.69) is 10.1 Å². The Morgan fingerprint density at radius 2 is 1.90 bits per heavy atom. The molecule has 0 spiro atoms. The second-order valence-corrected chi connectivity index (χ2v) is 5.99. The molecular weight excluding hydrogens is 288 g/mol. The number of esters is 1. The Bertz CT molecular complexity index is 469. The number of amides is 1. The van der Waals surface area contributed by atoms with E-state index < -0.39 is 0 Å². The van der Waals surface area contributed by atoms with Gasteiger partial charge in [0.05, 0.1) is 19.6 Å². The van der Waals surface area contributed by atoms with Crippen LogP contribution in [0.2, 0.25) is 0 Å². The summed E-state index contributed by atoms with van der Waals surface area (Å²) in [5.41, 5.74) is 0. The summed E-state index contributed by atoms with van der Waals surface area (Å²) in [7, 11) is 1.39. The molecule has 0 aliphatic carbocycles. The summed E-state index contributed by atoms with van der Waals surface area (Å²) in [5, 5.41) is 3.23. The number of nitrogens with one attached hydrogen (secondary N) is 1. The Balaban J connectivity index is 2.48. The molecule has 0 aliphatic rings. The normalized spacial score (nSPS) is 12.0. The summed E-state index contributed by atoms with van der Waals surface area (Å²) < 4.78 is 4.65. The van der Waals surface area contributed by atoms with Crippen LogP contribution in [0.3, 0.4) is 0 Å². The van der Waals surface area contributed by atoms with Crippen LogP contribution in [-0.2, 0) is 27.3 Å². The van der Waals surface area contributed by atoms with Crippen molar-refractivity contribution >= 4 is 23.2 Å². The number of rotatable bonds is 8. The third-order valence-electron chi connectivity index (χ3n) is 3.29. The minimum absolute atomic E-state index is 0.117. The molecule has 5 nitrogen and oxygen atoms in total. The van der Waals surface area contributed by atoms with Gasteiger partial charge in [-0.05, 0) is 32.9 Å².